The van der Waals surface area contributed by atoms with Gasteiger partial charge in [0.25, 0.3) is 0 Å². The summed E-state index contributed by atoms with van der Waals surface area (Å²) in [6.07, 6.45) is -0.722. The van der Waals surface area contributed by atoms with Crippen LogP contribution in [0.2, 0.25) is 0 Å². The SMILES string of the molecule is CC(=O)SCCNC(=O)[C@H](CSC(C)=O)NC(=O)OC(C)(C)C. The van der Waals surface area contributed by atoms with Gasteiger partial charge in [-0.05, 0) is 20.8 Å². The van der Waals surface area contributed by atoms with Crippen LogP contribution in [0.4, 0.5) is 4.79 Å². The summed E-state index contributed by atoms with van der Waals surface area (Å²) in [5.74, 6) is 0.133. The Bertz CT molecular complexity index is 449. The minimum absolute atomic E-state index is 0.0326. The second-order valence-electron chi connectivity index (χ2n) is 5.63. The first-order chi connectivity index (χ1) is 10.5. The van der Waals surface area contributed by atoms with Gasteiger partial charge in [0.05, 0.1) is 0 Å². The summed E-state index contributed by atoms with van der Waals surface area (Å²) >= 11 is 2.04. The summed E-state index contributed by atoms with van der Waals surface area (Å²) in [5, 5.41) is 4.90. The first kappa shape index (κ1) is 21.8. The molecule has 0 heterocycles. The molecule has 2 amide bonds. The van der Waals surface area contributed by atoms with Gasteiger partial charge in [-0.15, -0.1) is 0 Å². The maximum absolute atomic E-state index is 12.1. The lowest BCUT2D eigenvalue weighted by molar-refractivity contribution is -0.122. The molecule has 0 bridgehead atoms. The summed E-state index contributed by atoms with van der Waals surface area (Å²) in [5.41, 5.74) is -0.684. The second-order valence-corrected chi connectivity index (χ2v) is 8.10. The highest BCUT2D eigenvalue weighted by Gasteiger charge is 2.24. The molecule has 0 rings (SSSR count). The van der Waals surface area contributed by atoms with Crippen LogP contribution >= 0.6 is 23.5 Å². The van der Waals surface area contributed by atoms with E-state index >= 15 is 0 Å². The van der Waals surface area contributed by atoms with E-state index in [0.29, 0.717) is 12.3 Å². The van der Waals surface area contributed by atoms with Crippen molar-refractivity contribution in [2.24, 2.45) is 0 Å². The Balaban J connectivity index is 4.53. The predicted octanol–water partition coefficient (Wildman–Crippen LogP) is 1.56. The Morgan fingerprint density at radius 3 is 2.09 bits per heavy atom. The highest BCUT2D eigenvalue weighted by molar-refractivity contribution is 8.13. The molecule has 0 spiro atoms. The van der Waals surface area contributed by atoms with E-state index < -0.39 is 23.6 Å². The smallest absolute Gasteiger partial charge is 0.408 e. The highest BCUT2D eigenvalue weighted by Crippen LogP contribution is 2.09. The molecule has 0 aromatic heterocycles. The minimum Gasteiger partial charge on any atom is -0.444 e. The van der Waals surface area contributed by atoms with Crippen molar-refractivity contribution >= 4 is 45.8 Å². The summed E-state index contributed by atoms with van der Waals surface area (Å²) in [7, 11) is 0. The van der Waals surface area contributed by atoms with E-state index in [1.54, 1.807) is 20.8 Å². The maximum Gasteiger partial charge on any atom is 0.408 e. The van der Waals surface area contributed by atoms with E-state index in [1.807, 2.05) is 0 Å². The van der Waals surface area contributed by atoms with E-state index in [1.165, 1.54) is 13.8 Å². The molecule has 7 nitrogen and oxygen atoms in total. The minimum atomic E-state index is -0.888. The van der Waals surface area contributed by atoms with Gasteiger partial charge in [-0.3, -0.25) is 14.4 Å². The number of carbonyl (C=O) groups excluding carboxylic acids is 4. The molecule has 0 saturated carbocycles. The molecule has 0 aliphatic heterocycles. The molecule has 1 atom stereocenters. The van der Waals surface area contributed by atoms with Crippen LogP contribution in [0.1, 0.15) is 34.6 Å². The van der Waals surface area contributed by atoms with Crippen LogP contribution in [0.25, 0.3) is 0 Å². The highest BCUT2D eigenvalue weighted by atomic mass is 32.2. The van der Waals surface area contributed by atoms with Gasteiger partial charge >= 0.3 is 6.09 Å². The molecule has 0 fully saturated rings. The third kappa shape index (κ3) is 13.0. The van der Waals surface area contributed by atoms with Crippen molar-refractivity contribution in [3.05, 3.63) is 0 Å². The van der Waals surface area contributed by atoms with Gasteiger partial charge in [-0.25, -0.2) is 4.79 Å². The van der Waals surface area contributed by atoms with Gasteiger partial charge in [0.2, 0.25) is 5.91 Å². The summed E-state index contributed by atoms with van der Waals surface area (Å²) in [6.45, 7) is 8.26. The molecular formula is C14H24N2O5S2. The monoisotopic (exact) mass is 364 g/mol. The van der Waals surface area contributed by atoms with E-state index in [2.05, 4.69) is 10.6 Å². The molecule has 0 aromatic carbocycles. The Labute approximate surface area is 145 Å². The second kappa shape index (κ2) is 10.5. The fourth-order valence-electron chi connectivity index (χ4n) is 1.33. The number of rotatable bonds is 7. The normalized spacial score (nSPS) is 12.2. The molecule has 9 heteroatoms. The fraction of sp³-hybridized carbons (Fsp3) is 0.714. The van der Waals surface area contributed by atoms with Crippen molar-refractivity contribution in [2.75, 3.05) is 18.1 Å². The third-order valence-corrected chi connectivity index (χ3v) is 3.89. The summed E-state index contributed by atoms with van der Waals surface area (Å²) in [6, 6.07) is -0.888. The molecule has 2 N–H and O–H groups in total. The van der Waals surface area contributed by atoms with Crippen LogP contribution in [0.3, 0.4) is 0 Å². The van der Waals surface area contributed by atoms with Gasteiger partial charge in [0.1, 0.15) is 11.6 Å². The van der Waals surface area contributed by atoms with Crippen LogP contribution in [-0.2, 0) is 19.1 Å². The van der Waals surface area contributed by atoms with Crippen LogP contribution in [0.15, 0.2) is 0 Å². The lowest BCUT2D eigenvalue weighted by Gasteiger charge is -2.23. The van der Waals surface area contributed by atoms with Crippen LogP contribution in [-0.4, -0.2) is 51.9 Å². The zero-order chi connectivity index (χ0) is 18.0. The quantitative estimate of drug-likeness (QED) is 0.661. The molecule has 132 valence electrons. The number of hydrogen-bond acceptors (Lipinski definition) is 7. The molecule has 0 aromatic rings. The first-order valence-electron chi connectivity index (χ1n) is 7.05. The summed E-state index contributed by atoms with van der Waals surface area (Å²) in [4.78, 5) is 45.8. The number of amides is 2. The molecule has 0 aliphatic rings. The lowest BCUT2D eigenvalue weighted by Crippen LogP contribution is -2.50. The molecule has 0 saturated heterocycles. The molecule has 0 radical (unpaired) electrons. The van der Waals surface area contributed by atoms with Crippen molar-refractivity contribution < 1.29 is 23.9 Å². The Morgan fingerprint density at radius 2 is 1.61 bits per heavy atom. The van der Waals surface area contributed by atoms with E-state index in [4.69, 9.17) is 4.74 Å². The Morgan fingerprint density at radius 1 is 1.04 bits per heavy atom. The first-order valence-corrected chi connectivity index (χ1v) is 9.02. The standard InChI is InChI=1S/C14H24N2O5S2/c1-9(17)22-7-6-15-12(19)11(8-23-10(2)18)16-13(20)21-14(3,4)5/h11H,6-8H2,1-5H3,(H,15,19)(H,16,20)/t11-/m0/s1. The Kier molecular flexibility index (Phi) is 9.98. The van der Waals surface area contributed by atoms with Crippen molar-refractivity contribution in [3.63, 3.8) is 0 Å². The van der Waals surface area contributed by atoms with Crippen molar-refractivity contribution in [1.82, 2.24) is 10.6 Å². The Hall–Kier alpha value is -1.22. The molecule has 0 unspecified atom stereocenters. The van der Waals surface area contributed by atoms with Gasteiger partial charge in [-0.2, -0.15) is 0 Å². The number of carbonyl (C=O) groups is 4. The van der Waals surface area contributed by atoms with Crippen LogP contribution in [0, 0.1) is 0 Å². The average Bonchev–Trinajstić information content (AvgIpc) is 2.36. The zero-order valence-corrected chi connectivity index (χ0v) is 15.7. The molecular weight excluding hydrogens is 340 g/mol. The van der Waals surface area contributed by atoms with Crippen molar-refractivity contribution in [3.8, 4) is 0 Å². The molecule has 23 heavy (non-hydrogen) atoms. The van der Waals surface area contributed by atoms with Crippen LogP contribution < -0.4 is 10.6 Å². The number of hydrogen-bond donors (Lipinski definition) is 2. The van der Waals surface area contributed by atoms with E-state index in [9.17, 15) is 19.2 Å². The largest absolute Gasteiger partial charge is 0.444 e. The predicted molar refractivity (Wildman–Crippen MR) is 92.4 cm³/mol. The number of ether oxygens (including phenoxy) is 1. The third-order valence-electron chi connectivity index (χ3n) is 2.17. The number of alkyl carbamates (subject to hydrolysis) is 1. The van der Waals surface area contributed by atoms with Gasteiger partial charge in [-0.1, -0.05) is 23.5 Å². The van der Waals surface area contributed by atoms with Crippen molar-refractivity contribution in [2.45, 2.75) is 46.3 Å². The van der Waals surface area contributed by atoms with Crippen LogP contribution in [0.5, 0.6) is 0 Å². The zero-order valence-electron chi connectivity index (χ0n) is 14.1. The number of nitrogens with one attached hydrogen (secondary N) is 2. The fourth-order valence-corrected chi connectivity index (χ4v) is 2.45. The van der Waals surface area contributed by atoms with Gasteiger partial charge in [0, 0.05) is 31.9 Å². The summed E-state index contributed by atoms with van der Waals surface area (Å²) < 4.78 is 5.11. The van der Waals surface area contributed by atoms with E-state index in [0.717, 1.165) is 23.5 Å². The van der Waals surface area contributed by atoms with Gasteiger partial charge in [0.15, 0.2) is 10.2 Å². The lowest BCUT2D eigenvalue weighted by atomic mass is 10.2. The molecule has 0 aliphatic carbocycles. The topological polar surface area (TPSA) is 102 Å². The average molecular weight is 364 g/mol. The van der Waals surface area contributed by atoms with Gasteiger partial charge < -0.3 is 15.4 Å². The number of thioether (sulfide) groups is 2. The van der Waals surface area contributed by atoms with Crippen molar-refractivity contribution in [1.29, 1.82) is 0 Å². The maximum atomic E-state index is 12.1. The van der Waals surface area contributed by atoms with E-state index in [-0.39, 0.29) is 16.0 Å².